The number of urea groups is 1. The maximum absolute atomic E-state index is 13.0. The van der Waals surface area contributed by atoms with Crippen LogP contribution in [0.2, 0.25) is 5.02 Å². The number of carbonyl (C=O) groups excluding carboxylic acids is 2. The molecular weight excluding hydrogens is 450 g/mol. The maximum Gasteiger partial charge on any atom is 0.322 e. The number of methoxy groups -OCH3 is 1. The first-order valence-corrected chi connectivity index (χ1v) is 11.3. The van der Waals surface area contributed by atoms with E-state index >= 15 is 0 Å². The summed E-state index contributed by atoms with van der Waals surface area (Å²) >= 11 is 7.26. The Kier molecular flexibility index (Phi) is 6.57. The van der Waals surface area contributed by atoms with E-state index in [1.165, 1.54) is 18.4 Å². The number of anilines is 2. The topological polar surface area (TPSA) is 96.4 Å². The molecule has 166 valence electrons. The van der Waals surface area contributed by atoms with E-state index in [-0.39, 0.29) is 23.0 Å². The van der Waals surface area contributed by atoms with E-state index in [0.717, 1.165) is 18.4 Å². The zero-order chi connectivity index (χ0) is 22.7. The Hall–Kier alpha value is -3.17. The molecule has 8 nitrogen and oxygen atoms in total. The highest BCUT2D eigenvalue weighted by Gasteiger charge is 2.33. The second-order valence-corrected chi connectivity index (χ2v) is 8.84. The van der Waals surface area contributed by atoms with Crippen molar-refractivity contribution in [2.45, 2.75) is 25.8 Å². The van der Waals surface area contributed by atoms with Crippen LogP contribution in [0.15, 0.2) is 42.5 Å². The zero-order valence-corrected chi connectivity index (χ0v) is 19.2. The van der Waals surface area contributed by atoms with Crippen molar-refractivity contribution >= 4 is 46.3 Å². The fraction of sp³-hybridized carbons (Fsp3) is 0.273. The van der Waals surface area contributed by atoms with Crippen molar-refractivity contribution in [1.82, 2.24) is 15.1 Å². The van der Waals surface area contributed by atoms with Gasteiger partial charge in [-0.05, 0) is 50.1 Å². The number of nitrogens with zero attached hydrogens (tertiary/aromatic N) is 3. The number of hydrogen-bond donors (Lipinski definition) is 2. The molecule has 0 bridgehead atoms. The average Bonchev–Trinajstić information content (AvgIpc) is 3.45. The number of hydrogen-bond acceptors (Lipinski definition) is 6. The fourth-order valence-electron chi connectivity index (χ4n) is 3.51. The smallest absolute Gasteiger partial charge is 0.322 e. The Morgan fingerprint density at radius 1 is 1.16 bits per heavy atom. The molecule has 1 aromatic heterocycles. The van der Waals surface area contributed by atoms with Crippen LogP contribution >= 0.6 is 22.9 Å². The standard InChI is InChI=1S/C22H22ClN5O3S/c1-13-5-8-15(9-6-13)24-19(29)21-27-26-20(32-21)17-4-3-11-28(17)22(30)25-16-12-14(23)7-10-18(16)31-2/h5-10,12,17H,3-4,11H2,1-2H3,(H,24,29)(H,25,30). The van der Waals surface area contributed by atoms with Crippen LogP contribution in [0.5, 0.6) is 5.75 Å². The van der Waals surface area contributed by atoms with E-state index in [1.807, 2.05) is 31.2 Å². The van der Waals surface area contributed by atoms with Crippen LogP contribution in [0, 0.1) is 6.92 Å². The highest BCUT2D eigenvalue weighted by atomic mass is 35.5. The van der Waals surface area contributed by atoms with E-state index in [2.05, 4.69) is 20.8 Å². The number of benzene rings is 2. The summed E-state index contributed by atoms with van der Waals surface area (Å²) in [4.78, 5) is 27.2. The number of amides is 3. The maximum atomic E-state index is 13.0. The van der Waals surface area contributed by atoms with Gasteiger partial charge in [0.05, 0.1) is 18.8 Å². The van der Waals surface area contributed by atoms with Crippen molar-refractivity contribution in [3.63, 3.8) is 0 Å². The second kappa shape index (κ2) is 9.54. The molecular formula is C22H22ClN5O3S. The Bertz CT molecular complexity index is 1130. The Balaban J connectivity index is 1.46. The van der Waals surface area contributed by atoms with Crippen LogP contribution in [0.25, 0.3) is 0 Å². The predicted molar refractivity (Wildman–Crippen MR) is 125 cm³/mol. The highest BCUT2D eigenvalue weighted by molar-refractivity contribution is 7.13. The summed E-state index contributed by atoms with van der Waals surface area (Å²) in [5.41, 5.74) is 2.29. The van der Waals surface area contributed by atoms with Gasteiger partial charge in [-0.15, -0.1) is 10.2 Å². The van der Waals surface area contributed by atoms with Gasteiger partial charge in [0, 0.05) is 17.3 Å². The van der Waals surface area contributed by atoms with E-state index in [4.69, 9.17) is 16.3 Å². The van der Waals surface area contributed by atoms with E-state index < -0.39 is 0 Å². The number of halogens is 1. The van der Waals surface area contributed by atoms with Gasteiger partial charge in [-0.3, -0.25) is 4.79 Å². The Morgan fingerprint density at radius 3 is 2.69 bits per heavy atom. The number of rotatable bonds is 5. The molecule has 3 aromatic rings. The summed E-state index contributed by atoms with van der Waals surface area (Å²) < 4.78 is 5.30. The van der Waals surface area contributed by atoms with Crippen LogP contribution in [0.4, 0.5) is 16.2 Å². The molecule has 32 heavy (non-hydrogen) atoms. The number of aromatic nitrogens is 2. The van der Waals surface area contributed by atoms with Crippen molar-refractivity contribution < 1.29 is 14.3 Å². The summed E-state index contributed by atoms with van der Waals surface area (Å²) in [6.45, 7) is 2.55. The van der Waals surface area contributed by atoms with Crippen molar-refractivity contribution in [2.24, 2.45) is 0 Å². The van der Waals surface area contributed by atoms with Crippen LogP contribution in [-0.2, 0) is 0 Å². The molecule has 10 heteroatoms. The Labute approximate surface area is 194 Å². The molecule has 1 aliphatic heterocycles. The lowest BCUT2D eigenvalue weighted by atomic mass is 10.2. The summed E-state index contributed by atoms with van der Waals surface area (Å²) in [6, 6.07) is 12.0. The molecule has 1 unspecified atom stereocenters. The lowest BCUT2D eigenvalue weighted by Gasteiger charge is -2.23. The molecule has 4 rings (SSSR count). The highest BCUT2D eigenvalue weighted by Crippen LogP contribution is 2.35. The number of carbonyl (C=O) groups is 2. The van der Waals surface area contributed by atoms with Gasteiger partial charge in [0.25, 0.3) is 5.91 Å². The van der Waals surface area contributed by atoms with Crippen molar-refractivity contribution in [1.29, 1.82) is 0 Å². The van der Waals surface area contributed by atoms with Gasteiger partial charge >= 0.3 is 6.03 Å². The first kappa shape index (κ1) is 22.0. The van der Waals surface area contributed by atoms with Gasteiger partial charge < -0.3 is 20.3 Å². The second-order valence-electron chi connectivity index (χ2n) is 7.39. The van der Waals surface area contributed by atoms with Gasteiger partial charge in [0.15, 0.2) is 0 Å². The van der Waals surface area contributed by atoms with E-state index in [9.17, 15) is 9.59 Å². The van der Waals surface area contributed by atoms with Gasteiger partial charge in [0.2, 0.25) is 5.01 Å². The van der Waals surface area contributed by atoms with E-state index in [1.54, 1.807) is 23.1 Å². The van der Waals surface area contributed by atoms with Gasteiger partial charge in [0.1, 0.15) is 10.8 Å². The molecule has 2 N–H and O–H groups in total. The molecule has 1 saturated heterocycles. The lowest BCUT2D eigenvalue weighted by molar-refractivity contribution is 0.102. The van der Waals surface area contributed by atoms with Crippen molar-refractivity contribution in [3.05, 3.63) is 63.1 Å². The van der Waals surface area contributed by atoms with E-state index in [0.29, 0.717) is 33.7 Å². The molecule has 0 radical (unpaired) electrons. The number of likely N-dealkylation sites (tertiary alicyclic amines) is 1. The normalized spacial score (nSPS) is 15.5. The van der Waals surface area contributed by atoms with Gasteiger partial charge in [-0.1, -0.05) is 40.6 Å². The largest absolute Gasteiger partial charge is 0.495 e. The zero-order valence-electron chi connectivity index (χ0n) is 17.6. The molecule has 1 atom stereocenters. The number of aryl methyl sites for hydroxylation is 1. The van der Waals surface area contributed by atoms with Crippen LogP contribution < -0.4 is 15.4 Å². The summed E-state index contributed by atoms with van der Waals surface area (Å²) in [5.74, 6) is 0.194. The van der Waals surface area contributed by atoms with Crippen molar-refractivity contribution in [2.75, 3.05) is 24.3 Å². The number of ether oxygens (including phenoxy) is 1. The molecule has 0 spiro atoms. The lowest BCUT2D eigenvalue weighted by Crippen LogP contribution is -2.34. The van der Waals surface area contributed by atoms with Gasteiger partial charge in [-0.25, -0.2) is 4.79 Å². The summed E-state index contributed by atoms with van der Waals surface area (Å²) in [6.07, 6.45) is 1.57. The van der Waals surface area contributed by atoms with Crippen molar-refractivity contribution in [3.8, 4) is 5.75 Å². The van der Waals surface area contributed by atoms with Crippen LogP contribution in [0.3, 0.4) is 0 Å². The third kappa shape index (κ3) is 4.84. The third-order valence-electron chi connectivity index (χ3n) is 5.15. The summed E-state index contributed by atoms with van der Waals surface area (Å²) in [7, 11) is 1.53. The molecule has 0 aliphatic carbocycles. The number of nitrogens with one attached hydrogen (secondary N) is 2. The molecule has 2 heterocycles. The molecule has 1 fully saturated rings. The third-order valence-corrected chi connectivity index (χ3v) is 6.40. The minimum atomic E-state index is -0.324. The average molecular weight is 472 g/mol. The Morgan fingerprint density at radius 2 is 1.94 bits per heavy atom. The minimum Gasteiger partial charge on any atom is -0.495 e. The predicted octanol–water partition coefficient (Wildman–Crippen LogP) is 5.13. The van der Waals surface area contributed by atoms with Gasteiger partial charge in [-0.2, -0.15) is 0 Å². The quantitative estimate of drug-likeness (QED) is 0.537. The first-order chi connectivity index (χ1) is 15.4. The minimum absolute atomic E-state index is 0.251. The summed E-state index contributed by atoms with van der Waals surface area (Å²) in [5, 5.41) is 15.3. The van der Waals surface area contributed by atoms with Crippen LogP contribution in [-0.4, -0.2) is 40.7 Å². The van der Waals surface area contributed by atoms with Crippen LogP contribution in [0.1, 0.15) is 39.3 Å². The first-order valence-electron chi connectivity index (χ1n) is 10.1. The molecule has 1 aliphatic rings. The molecule has 2 aromatic carbocycles. The molecule has 0 saturated carbocycles. The monoisotopic (exact) mass is 471 g/mol. The SMILES string of the molecule is COc1ccc(Cl)cc1NC(=O)N1CCCC1c1nnc(C(=O)Nc2ccc(C)cc2)s1. The fourth-order valence-corrected chi connectivity index (χ4v) is 4.57. The molecule has 3 amide bonds.